The van der Waals surface area contributed by atoms with Gasteiger partial charge < -0.3 is 14.0 Å². The second-order valence-corrected chi connectivity index (χ2v) is 5.17. The van der Waals surface area contributed by atoms with Crippen molar-refractivity contribution in [3.05, 3.63) is 0 Å². The number of ether oxygens (including phenoxy) is 1. The van der Waals surface area contributed by atoms with Gasteiger partial charge in [-0.15, -0.1) is 0 Å². The summed E-state index contributed by atoms with van der Waals surface area (Å²) in [6.45, 7) is 9.95. The van der Waals surface area contributed by atoms with E-state index in [2.05, 4.69) is 0 Å². The predicted octanol–water partition coefficient (Wildman–Crippen LogP) is 2.03. The normalized spacial score (nSPS) is 22.2. The zero-order valence-electron chi connectivity index (χ0n) is 10.8. The molecule has 1 rings (SSSR count). The van der Waals surface area contributed by atoms with E-state index in [9.17, 15) is 4.79 Å². The van der Waals surface area contributed by atoms with Gasteiger partial charge in [-0.05, 0) is 40.4 Å². The Kier molecular flexibility index (Phi) is 4.02. The van der Waals surface area contributed by atoms with E-state index in [1.165, 1.54) is 6.92 Å². The molecule has 0 spiro atoms. The number of carbonyl (C=O) groups is 1. The molecule has 4 nitrogen and oxygen atoms in total. The quantitative estimate of drug-likeness (QED) is 0.419. The topological polar surface area (TPSA) is 44.8 Å². The number of carbonyl (C=O) groups excluding carboxylic acids is 1. The fraction of sp³-hybridized carbons (Fsp3) is 0.909. The minimum Gasteiger partial charge on any atom is -0.466 e. The van der Waals surface area contributed by atoms with Crippen molar-refractivity contribution in [1.29, 1.82) is 0 Å². The first-order valence-electron chi connectivity index (χ1n) is 5.73. The van der Waals surface area contributed by atoms with Crippen LogP contribution in [0.5, 0.6) is 0 Å². The second-order valence-electron chi connectivity index (χ2n) is 5.17. The lowest BCUT2D eigenvalue weighted by Crippen LogP contribution is -2.41. The van der Waals surface area contributed by atoms with E-state index >= 15 is 0 Å². The highest BCUT2D eigenvalue weighted by molar-refractivity contribution is 6.45. The van der Waals surface area contributed by atoms with Gasteiger partial charge in [0.1, 0.15) is 0 Å². The third-order valence-electron chi connectivity index (χ3n) is 3.19. The van der Waals surface area contributed by atoms with Gasteiger partial charge >= 0.3 is 13.1 Å². The molecule has 0 atom stereocenters. The number of hydrogen-bond donors (Lipinski definition) is 0. The Morgan fingerprint density at radius 2 is 1.69 bits per heavy atom. The van der Waals surface area contributed by atoms with E-state index in [4.69, 9.17) is 14.0 Å². The van der Waals surface area contributed by atoms with Crippen molar-refractivity contribution in [2.24, 2.45) is 0 Å². The van der Waals surface area contributed by atoms with Crippen molar-refractivity contribution in [3.8, 4) is 0 Å². The Morgan fingerprint density at radius 3 is 2.12 bits per heavy atom. The summed E-state index contributed by atoms with van der Waals surface area (Å²) < 4.78 is 16.5. The molecule has 0 aromatic heterocycles. The monoisotopic (exact) mass is 228 g/mol. The van der Waals surface area contributed by atoms with E-state index in [1.807, 2.05) is 27.7 Å². The van der Waals surface area contributed by atoms with Crippen molar-refractivity contribution < 1.29 is 18.8 Å². The molecule has 5 heteroatoms. The first kappa shape index (κ1) is 13.5. The van der Waals surface area contributed by atoms with Crippen LogP contribution < -0.4 is 0 Å². The largest absolute Gasteiger partial charge is 0.466 e. The third kappa shape index (κ3) is 3.22. The molecule has 1 aliphatic rings. The summed E-state index contributed by atoms with van der Waals surface area (Å²) in [5, 5.41) is 0. The summed E-state index contributed by atoms with van der Waals surface area (Å²) in [5.74, 6) is -0.242. The second kappa shape index (κ2) is 4.76. The van der Waals surface area contributed by atoms with Crippen molar-refractivity contribution in [2.75, 3.05) is 6.61 Å². The van der Waals surface area contributed by atoms with Gasteiger partial charge in [-0.3, -0.25) is 4.79 Å². The van der Waals surface area contributed by atoms with Gasteiger partial charge in [0.2, 0.25) is 0 Å². The molecule has 1 saturated heterocycles. The molecule has 0 radical (unpaired) electrons. The Balaban J connectivity index is 2.29. The third-order valence-corrected chi connectivity index (χ3v) is 3.19. The maximum atomic E-state index is 10.6. The molecule has 0 saturated carbocycles. The Hall–Kier alpha value is -0.545. The van der Waals surface area contributed by atoms with Gasteiger partial charge in [0, 0.05) is 6.92 Å². The fourth-order valence-corrected chi connectivity index (χ4v) is 1.55. The molecular weight excluding hydrogens is 207 g/mol. The van der Waals surface area contributed by atoms with Gasteiger partial charge in [0.05, 0.1) is 17.8 Å². The molecule has 0 unspecified atom stereocenters. The van der Waals surface area contributed by atoms with E-state index < -0.39 is 0 Å². The molecular formula is C11H21BO4. The van der Waals surface area contributed by atoms with Gasteiger partial charge in [0.25, 0.3) is 0 Å². The van der Waals surface area contributed by atoms with Crippen LogP contribution in [0.4, 0.5) is 0 Å². The summed E-state index contributed by atoms with van der Waals surface area (Å²) in [5.41, 5.74) is -0.557. The molecule has 0 N–H and O–H groups in total. The summed E-state index contributed by atoms with van der Waals surface area (Å²) in [6, 6.07) is 0. The Bertz CT molecular complexity index is 247. The number of rotatable bonds is 4. The van der Waals surface area contributed by atoms with E-state index in [0.717, 1.165) is 12.7 Å². The first-order valence-corrected chi connectivity index (χ1v) is 5.73. The van der Waals surface area contributed by atoms with Crippen LogP contribution in [-0.4, -0.2) is 30.9 Å². The number of hydrogen-bond acceptors (Lipinski definition) is 4. The molecule has 0 amide bonds. The summed E-state index contributed by atoms with van der Waals surface area (Å²) >= 11 is 0. The molecule has 0 bridgehead atoms. The highest BCUT2D eigenvalue weighted by Gasteiger charge is 2.50. The average molecular weight is 228 g/mol. The molecule has 0 aromatic carbocycles. The lowest BCUT2D eigenvalue weighted by atomic mass is 9.83. The van der Waals surface area contributed by atoms with Crippen molar-refractivity contribution in [1.82, 2.24) is 0 Å². The molecule has 1 aliphatic heterocycles. The van der Waals surface area contributed by atoms with Crippen LogP contribution in [0.1, 0.15) is 41.0 Å². The van der Waals surface area contributed by atoms with Crippen LogP contribution in [0.25, 0.3) is 0 Å². The van der Waals surface area contributed by atoms with Gasteiger partial charge in [-0.1, -0.05) is 0 Å². The van der Waals surface area contributed by atoms with Gasteiger partial charge in [-0.2, -0.15) is 0 Å². The lowest BCUT2D eigenvalue weighted by molar-refractivity contribution is -0.140. The summed E-state index contributed by atoms with van der Waals surface area (Å²) in [4.78, 5) is 10.6. The van der Waals surface area contributed by atoms with Crippen molar-refractivity contribution in [3.63, 3.8) is 0 Å². The smallest absolute Gasteiger partial charge is 0.457 e. The van der Waals surface area contributed by atoms with Crippen LogP contribution >= 0.6 is 0 Å². The Labute approximate surface area is 97.8 Å². The molecule has 1 heterocycles. The van der Waals surface area contributed by atoms with Crippen LogP contribution in [0.3, 0.4) is 0 Å². The minimum absolute atomic E-state index is 0.194. The van der Waals surface area contributed by atoms with Gasteiger partial charge in [-0.25, -0.2) is 0 Å². The lowest BCUT2D eigenvalue weighted by Gasteiger charge is -2.32. The predicted molar refractivity (Wildman–Crippen MR) is 62.1 cm³/mol. The summed E-state index contributed by atoms with van der Waals surface area (Å²) in [7, 11) is -0.194. The fourth-order valence-electron chi connectivity index (χ4n) is 1.55. The maximum Gasteiger partial charge on any atom is 0.457 e. The maximum absolute atomic E-state index is 10.6. The van der Waals surface area contributed by atoms with E-state index in [-0.39, 0.29) is 24.3 Å². The Morgan fingerprint density at radius 1 is 1.19 bits per heavy atom. The SMILES string of the molecule is CC(=O)OCCCB1OC(C)(C)C(C)(C)O1. The van der Waals surface area contributed by atoms with Crippen molar-refractivity contribution in [2.45, 2.75) is 58.6 Å². The van der Waals surface area contributed by atoms with Crippen LogP contribution in [0.2, 0.25) is 6.32 Å². The van der Waals surface area contributed by atoms with E-state index in [1.54, 1.807) is 0 Å². The van der Waals surface area contributed by atoms with Crippen LogP contribution in [0.15, 0.2) is 0 Å². The zero-order valence-corrected chi connectivity index (χ0v) is 10.8. The molecule has 0 aromatic rings. The van der Waals surface area contributed by atoms with Crippen molar-refractivity contribution >= 4 is 13.1 Å². The highest BCUT2D eigenvalue weighted by Crippen LogP contribution is 2.37. The number of esters is 1. The molecule has 16 heavy (non-hydrogen) atoms. The van der Waals surface area contributed by atoms with Crippen LogP contribution in [-0.2, 0) is 18.8 Å². The molecule has 1 fully saturated rings. The average Bonchev–Trinajstić information content (AvgIpc) is 2.29. The van der Waals surface area contributed by atoms with E-state index in [0.29, 0.717) is 6.61 Å². The molecule has 92 valence electrons. The minimum atomic E-state index is -0.279. The summed E-state index contributed by atoms with van der Waals surface area (Å²) in [6.07, 6.45) is 1.51. The zero-order chi connectivity index (χ0) is 12.4. The standard InChI is InChI=1S/C11H21BO4/c1-9(13)14-8-6-7-12-15-10(2,3)11(4,5)16-12/h6-8H2,1-5H3. The highest BCUT2D eigenvalue weighted by atomic mass is 16.7. The molecule has 0 aliphatic carbocycles. The van der Waals surface area contributed by atoms with Crippen LogP contribution in [0, 0.1) is 0 Å². The van der Waals surface area contributed by atoms with Gasteiger partial charge in [0.15, 0.2) is 0 Å². The first-order chi connectivity index (χ1) is 7.24.